The summed E-state index contributed by atoms with van der Waals surface area (Å²) < 4.78 is 0. The monoisotopic (exact) mass is 240 g/mol. The second kappa shape index (κ2) is 9.31. The molecule has 0 spiro atoms. The highest BCUT2D eigenvalue weighted by molar-refractivity contribution is 6.02. The van der Waals surface area contributed by atoms with Gasteiger partial charge in [-0.15, -0.1) is 0 Å². The zero-order chi connectivity index (χ0) is 13.3. The first kappa shape index (κ1) is 16.3. The first-order valence-corrected chi connectivity index (χ1v) is 6.21. The summed E-state index contributed by atoms with van der Waals surface area (Å²) in [4.78, 5) is 13.4. The lowest BCUT2D eigenvalue weighted by atomic mass is 10.2. The van der Waals surface area contributed by atoms with E-state index in [0.29, 0.717) is 0 Å². The molecule has 0 saturated heterocycles. The Hall–Kier alpha value is -0.740. The van der Waals surface area contributed by atoms with Gasteiger partial charge < -0.3 is 9.80 Å². The van der Waals surface area contributed by atoms with Crippen molar-refractivity contribution in [3.8, 4) is 0 Å². The van der Waals surface area contributed by atoms with Crippen molar-refractivity contribution in [1.82, 2.24) is 9.80 Å². The molecule has 0 atom stereocenters. The third kappa shape index (κ3) is 11.5. The Morgan fingerprint density at radius 3 is 1.41 bits per heavy atom. The first-order valence-electron chi connectivity index (χ1n) is 6.21. The molecule has 0 saturated carbocycles. The average Bonchev–Trinajstić information content (AvgIpc) is 2.15. The first-order chi connectivity index (χ1) is 7.91. The van der Waals surface area contributed by atoms with Gasteiger partial charge in [-0.1, -0.05) is 0 Å². The molecule has 4 nitrogen and oxygen atoms in total. The van der Waals surface area contributed by atoms with Crippen LogP contribution < -0.4 is 0 Å². The average molecular weight is 240 g/mol. The van der Waals surface area contributed by atoms with E-state index in [2.05, 4.69) is 61.8 Å². The minimum Gasteiger partial charge on any atom is -0.308 e. The van der Waals surface area contributed by atoms with Crippen LogP contribution in [0.1, 0.15) is 20.3 Å². The molecule has 0 unspecified atom stereocenters. The van der Waals surface area contributed by atoms with Crippen LogP contribution in [0.2, 0.25) is 0 Å². The predicted octanol–water partition coefficient (Wildman–Crippen LogP) is 1.42. The van der Waals surface area contributed by atoms with Crippen LogP contribution >= 0.6 is 0 Å². The number of hydrogen-bond acceptors (Lipinski definition) is 4. The predicted molar refractivity (Wildman–Crippen MR) is 77.7 cm³/mol. The van der Waals surface area contributed by atoms with Gasteiger partial charge >= 0.3 is 0 Å². The molecule has 0 radical (unpaired) electrons. The minimum atomic E-state index is 0.879. The Kier molecular flexibility index (Phi) is 8.90. The van der Waals surface area contributed by atoms with Crippen molar-refractivity contribution in [2.75, 3.05) is 54.4 Å². The SMILES string of the molecule is CC(CC(C)=NCCN(C)C)=NCCN(C)C. The largest absolute Gasteiger partial charge is 0.308 e. The van der Waals surface area contributed by atoms with Crippen molar-refractivity contribution in [3.63, 3.8) is 0 Å². The van der Waals surface area contributed by atoms with E-state index in [1.165, 1.54) is 11.4 Å². The van der Waals surface area contributed by atoms with E-state index in [-0.39, 0.29) is 0 Å². The molecule has 100 valence electrons. The summed E-state index contributed by atoms with van der Waals surface area (Å²) in [5.74, 6) is 0. The summed E-state index contributed by atoms with van der Waals surface area (Å²) in [6.45, 7) is 7.94. The van der Waals surface area contributed by atoms with Crippen LogP contribution in [0.5, 0.6) is 0 Å². The molecule has 17 heavy (non-hydrogen) atoms. The third-order valence-corrected chi connectivity index (χ3v) is 2.37. The molecular weight excluding hydrogens is 212 g/mol. The van der Waals surface area contributed by atoms with E-state index in [1.807, 2.05) is 0 Å². The van der Waals surface area contributed by atoms with Gasteiger partial charge in [-0.05, 0) is 42.0 Å². The molecule has 0 aliphatic carbocycles. The topological polar surface area (TPSA) is 31.2 Å². The highest BCUT2D eigenvalue weighted by Crippen LogP contribution is 1.92. The lowest BCUT2D eigenvalue weighted by molar-refractivity contribution is 0.420. The number of likely N-dealkylation sites (N-methyl/N-ethyl adjacent to an activating group) is 2. The zero-order valence-electron chi connectivity index (χ0n) is 12.3. The van der Waals surface area contributed by atoms with Crippen molar-refractivity contribution < 1.29 is 0 Å². The van der Waals surface area contributed by atoms with Gasteiger partial charge in [-0.2, -0.15) is 0 Å². The van der Waals surface area contributed by atoms with Gasteiger partial charge in [0, 0.05) is 30.9 Å². The van der Waals surface area contributed by atoms with Gasteiger partial charge in [-0.25, -0.2) is 0 Å². The van der Waals surface area contributed by atoms with Gasteiger partial charge in [0.2, 0.25) is 0 Å². The van der Waals surface area contributed by atoms with E-state index < -0.39 is 0 Å². The van der Waals surface area contributed by atoms with Crippen LogP contribution in [0.3, 0.4) is 0 Å². The summed E-state index contributed by atoms with van der Waals surface area (Å²) in [6, 6.07) is 0. The minimum absolute atomic E-state index is 0.879. The number of rotatable bonds is 8. The maximum atomic E-state index is 4.53. The van der Waals surface area contributed by atoms with Crippen LogP contribution in [0, 0.1) is 0 Å². The molecule has 0 amide bonds. The smallest absolute Gasteiger partial charge is 0.0515 e. The van der Waals surface area contributed by atoms with Crippen LogP contribution in [0.4, 0.5) is 0 Å². The zero-order valence-corrected chi connectivity index (χ0v) is 12.3. The summed E-state index contributed by atoms with van der Waals surface area (Å²) in [6.07, 6.45) is 0.904. The fourth-order valence-corrected chi connectivity index (χ4v) is 1.36. The molecule has 0 aliphatic rings. The molecule has 0 bridgehead atoms. The normalized spacial score (nSPS) is 13.9. The van der Waals surface area contributed by atoms with Crippen molar-refractivity contribution in [2.24, 2.45) is 9.98 Å². The van der Waals surface area contributed by atoms with Crippen molar-refractivity contribution in [1.29, 1.82) is 0 Å². The molecule has 4 heteroatoms. The third-order valence-electron chi connectivity index (χ3n) is 2.37. The maximum Gasteiger partial charge on any atom is 0.0515 e. The Balaban J connectivity index is 3.88. The summed E-state index contributed by atoms with van der Waals surface area (Å²) in [5, 5.41) is 0. The van der Waals surface area contributed by atoms with Gasteiger partial charge in [0.15, 0.2) is 0 Å². The molecule has 0 fully saturated rings. The second-order valence-corrected chi connectivity index (χ2v) is 5.02. The number of aliphatic imine (C=N–C) groups is 2. The van der Waals surface area contributed by atoms with E-state index in [0.717, 1.165) is 32.6 Å². The van der Waals surface area contributed by atoms with Crippen molar-refractivity contribution in [2.45, 2.75) is 20.3 Å². The fraction of sp³-hybridized carbons (Fsp3) is 0.846. The maximum absolute atomic E-state index is 4.53. The molecule has 0 rings (SSSR count). The number of nitrogens with zero attached hydrogens (tertiary/aromatic N) is 4. The quantitative estimate of drug-likeness (QED) is 0.601. The van der Waals surface area contributed by atoms with Crippen LogP contribution in [0.15, 0.2) is 9.98 Å². The Bertz CT molecular complexity index is 228. The van der Waals surface area contributed by atoms with Crippen LogP contribution in [0.25, 0.3) is 0 Å². The van der Waals surface area contributed by atoms with E-state index in [4.69, 9.17) is 0 Å². The lowest BCUT2D eigenvalue weighted by Crippen LogP contribution is -2.17. The molecule has 0 aliphatic heterocycles. The molecule has 0 aromatic rings. The van der Waals surface area contributed by atoms with Crippen LogP contribution in [-0.4, -0.2) is 75.6 Å². The standard InChI is InChI=1S/C13H28N4/c1-12(14-7-9-16(3)4)11-13(2)15-8-10-17(5)6/h7-11H2,1-6H3. The Morgan fingerprint density at radius 2 is 1.12 bits per heavy atom. The molecule has 0 aromatic carbocycles. The molecule has 0 N–H and O–H groups in total. The van der Waals surface area contributed by atoms with E-state index >= 15 is 0 Å². The summed E-state index contributed by atoms with van der Waals surface area (Å²) in [5.41, 5.74) is 2.36. The highest BCUT2D eigenvalue weighted by atomic mass is 15.1. The fourth-order valence-electron chi connectivity index (χ4n) is 1.36. The molecular formula is C13H28N4. The van der Waals surface area contributed by atoms with Gasteiger partial charge in [-0.3, -0.25) is 9.98 Å². The van der Waals surface area contributed by atoms with Gasteiger partial charge in [0.1, 0.15) is 0 Å². The van der Waals surface area contributed by atoms with E-state index in [9.17, 15) is 0 Å². The number of hydrogen-bond donors (Lipinski definition) is 0. The van der Waals surface area contributed by atoms with Gasteiger partial charge in [0.25, 0.3) is 0 Å². The summed E-state index contributed by atoms with van der Waals surface area (Å²) >= 11 is 0. The van der Waals surface area contributed by atoms with Gasteiger partial charge in [0.05, 0.1) is 13.1 Å². The second-order valence-electron chi connectivity index (χ2n) is 5.02. The lowest BCUT2D eigenvalue weighted by Gasteiger charge is -2.08. The van der Waals surface area contributed by atoms with E-state index in [1.54, 1.807) is 0 Å². The Labute approximate surface area is 106 Å². The molecule has 0 aromatic heterocycles. The highest BCUT2D eigenvalue weighted by Gasteiger charge is 1.96. The van der Waals surface area contributed by atoms with Crippen molar-refractivity contribution >= 4 is 11.4 Å². The van der Waals surface area contributed by atoms with Crippen LogP contribution in [-0.2, 0) is 0 Å². The Morgan fingerprint density at radius 1 is 0.765 bits per heavy atom. The molecule has 0 heterocycles. The van der Waals surface area contributed by atoms with Crippen molar-refractivity contribution in [3.05, 3.63) is 0 Å². The summed E-state index contributed by atoms with van der Waals surface area (Å²) in [7, 11) is 8.27.